The molecule has 0 aromatic heterocycles. The van der Waals surface area contributed by atoms with E-state index >= 15 is 0 Å². The molecule has 1 saturated heterocycles. The molecule has 0 bridgehead atoms. The first-order chi connectivity index (χ1) is 7.56. The zero-order valence-electron chi connectivity index (χ0n) is 9.75. The molecule has 1 rings (SSSR count). The summed E-state index contributed by atoms with van der Waals surface area (Å²) in [6.45, 7) is 5.45. The number of nitrogens with one attached hydrogen (secondary N) is 1. The molecule has 5 nitrogen and oxygen atoms in total. The third-order valence-corrected chi connectivity index (χ3v) is 2.63. The Labute approximate surface area is 95.1 Å². The molecule has 0 aliphatic carbocycles. The number of hydrogen-bond donors (Lipinski definition) is 2. The van der Waals surface area contributed by atoms with Gasteiger partial charge in [-0.25, -0.2) is 0 Å². The molecular weight excluding hydrogens is 208 g/mol. The summed E-state index contributed by atoms with van der Waals surface area (Å²) in [5, 5.41) is 11.8. The number of hydrogen-bond acceptors (Lipinski definition) is 3. The van der Waals surface area contributed by atoms with Gasteiger partial charge in [0, 0.05) is 25.2 Å². The van der Waals surface area contributed by atoms with Crippen LogP contribution in [0.2, 0.25) is 0 Å². The third-order valence-electron chi connectivity index (χ3n) is 2.63. The highest BCUT2D eigenvalue weighted by Crippen LogP contribution is 2.12. The standard InChI is InChI=1S/C11H18N2O3/c1-3-4-13(7-10(14)15)11(16)8(2)9-5-12-6-9/h12H,3-7H2,1-2H3,(H,14,15). The first-order valence-corrected chi connectivity index (χ1v) is 5.46. The summed E-state index contributed by atoms with van der Waals surface area (Å²) in [6, 6.07) is 0. The van der Waals surface area contributed by atoms with Crippen LogP contribution in [0, 0.1) is 0 Å². The third kappa shape index (κ3) is 3.06. The van der Waals surface area contributed by atoms with Gasteiger partial charge in [0.05, 0.1) is 0 Å². The van der Waals surface area contributed by atoms with Gasteiger partial charge in [0.15, 0.2) is 0 Å². The summed E-state index contributed by atoms with van der Waals surface area (Å²) in [5.74, 6) is -1.12. The van der Waals surface area contributed by atoms with Crippen LogP contribution in [0.4, 0.5) is 0 Å². The number of carboxylic acid groups (broad SMARTS) is 1. The molecule has 0 radical (unpaired) electrons. The Balaban J connectivity index is 2.69. The van der Waals surface area contributed by atoms with Gasteiger partial charge < -0.3 is 15.3 Å². The first-order valence-electron chi connectivity index (χ1n) is 5.46. The fraction of sp³-hybridized carbons (Fsp3) is 0.636. The van der Waals surface area contributed by atoms with Gasteiger partial charge in [-0.3, -0.25) is 9.59 Å². The molecular formula is C11H18N2O3. The number of carbonyl (C=O) groups is 2. The van der Waals surface area contributed by atoms with E-state index in [9.17, 15) is 9.59 Å². The number of aliphatic carboxylic acids is 1. The topological polar surface area (TPSA) is 69.6 Å². The zero-order valence-corrected chi connectivity index (χ0v) is 9.75. The van der Waals surface area contributed by atoms with E-state index in [4.69, 9.17) is 5.11 Å². The summed E-state index contributed by atoms with van der Waals surface area (Å²) in [6.07, 6.45) is 0.764. The molecule has 0 atom stereocenters. The van der Waals surface area contributed by atoms with Crippen molar-refractivity contribution in [2.45, 2.75) is 20.3 Å². The number of amides is 1. The molecule has 0 saturated carbocycles. The molecule has 16 heavy (non-hydrogen) atoms. The van der Waals surface area contributed by atoms with Crippen LogP contribution in [-0.4, -0.2) is 48.1 Å². The number of carbonyl (C=O) groups excluding carboxylic acids is 1. The molecule has 2 N–H and O–H groups in total. The van der Waals surface area contributed by atoms with E-state index in [1.165, 1.54) is 4.90 Å². The van der Waals surface area contributed by atoms with Gasteiger partial charge >= 0.3 is 5.97 Å². The van der Waals surface area contributed by atoms with Crippen molar-refractivity contribution in [1.29, 1.82) is 0 Å². The highest BCUT2D eigenvalue weighted by Gasteiger charge is 2.21. The van der Waals surface area contributed by atoms with Crippen molar-refractivity contribution in [2.75, 3.05) is 26.2 Å². The fourth-order valence-corrected chi connectivity index (χ4v) is 1.59. The molecule has 5 heteroatoms. The number of carboxylic acids is 1. The Morgan fingerprint density at radius 2 is 2.06 bits per heavy atom. The van der Waals surface area contributed by atoms with Crippen molar-refractivity contribution >= 4 is 11.9 Å². The Morgan fingerprint density at radius 1 is 1.44 bits per heavy atom. The smallest absolute Gasteiger partial charge is 0.323 e. The van der Waals surface area contributed by atoms with E-state index < -0.39 is 5.97 Å². The Hall–Kier alpha value is -1.36. The highest BCUT2D eigenvalue weighted by atomic mass is 16.4. The summed E-state index contributed by atoms with van der Waals surface area (Å²) in [4.78, 5) is 24.0. The van der Waals surface area contributed by atoms with Gasteiger partial charge in [0.1, 0.15) is 6.54 Å². The van der Waals surface area contributed by atoms with Crippen molar-refractivity contribution in [2.24, 2.45) is 0 Å². The molecule has 0 spiro atoms. The van der Waals surface area contributed by atoms with Gasteiger partial charge in [0.25, 0.3) is 0 Å². The Kier molecular flexibility index (Phi) is 4.49. The van der Waals surface area contributed by atoms with Crippen molar-refractivity contribution in [3.63, 3.8) is 0 Å². The molecule has 90 valence electrons. The van der Waals surface area contributed by atoms with E-state index in [-0.39, 0.29) is 12.5 Å². The average Bonchev–Trinajstić information content (AvgIpc) is 2.12. The molecule has 1 aliphatic heterocycles. The number of rotatable bonds is 5. The minimum Gasteiger partial charge on any atom is -0.480 e. The lowest BCUT2D eigenvalue weighted by atomic mass is 10.0. The lowest BCUT2D eigenvalue weighted by Gasteiger charge is -2.25. The van der Waals surface area contributed by atoms with Crippen LogP contribution < -0.4 is 5.32 Å². The zero-order chi connectivity index (χ0) is 12.1. The summed E-state index contributed by atoms with van der Waals surface area (Å²) in [7, 11) is 0. The predicted molar refractivity (Wildman–Crippen MR) is 60.1 cm³/mol. The maximum Gasteiger partial charge on any atom is 0.323 e. The van der Waals surface area contributed by atoms with Gasteiger partial charge in [-0.05, 0) is 18.9 Å². The molecule has 1 fully saturated rings. The minimum atomic E-state index is -0.966. The summed E-state index contributed by atoms with van der Waals surface area (Å²) in [5.41, 5.74) is 1.77. The van der Waals surface area contributed by atoms with E-state index in [0.717, 1.165) is 25.1 Å². The van der Waals surface area contributed by atoms with Crippen LogP contribution in [0.1, 0.15) is 20.3 Å². The molecule has 0 unspecified atom stereocenters. The summed E-state index contributed by atoms with van der Waals surface area (Å²) >= 11 is 0. The van der Waals surface area contributed by atoms with Crippen molar-refractivity contribution in [1.82, 2.24) is 10.2 Å². The van der Waals surface area contributed by atoms with E-state index in [1.54, 1.807) is 6.92 Å². The number of nitrogens with zero attached hydrogens (tertiary/aromatic N) is 1. The average molecular weight is 226 g/mol. The van der Waals surface area contributed by atoms with E-state index in [0.29, 0.717) is 12.1 Å². The van der Waals surface area contributed by atoms with Gasteiger partial charge in [-0.1, -0.05) is 6.92 Å². The van der Waals surface area contributed by atoms with E-state index in [1.807, 2.05) is 6.92 Å². The van der Waals surface area contributed by atoms with Crippen LogP contribution in [0.15, 0.2) is 11.1 Å². The first kappa shape index (κ1) is 12.7. The second-order valence-corrected chi connectivity index (χ2v) is 3.95. The molecule has 1 aliphatic rings. The van der Waals surface area contributed by atoms with Gasteiger partial charge in [0.2, 0.25) is 5.91 Å². The van der Waals surface area contributed by atoms with E-state index in [2.05, 4.69) is 5.32 Å². The maximum atomic E-state index is 12.0. The van der Waals surface area contributed by atoms with Crippen LogP contribution in [0.25, 0.3) is 0 Å². The van der Waals surface area contributed by atoms with Gasteiger partial charge in [-0.2, -0.15) is 0 Å². The van der Waals surface area contributed by atoms with Gasteiger partial charge in [-0.15, -0.1) is 0 Å². The molecule has 0 aromatic carbocycles. The van der Waals surface area contributed by atoms with Crippen LogP contribution in [0.3, 0.4) is 0 Å². The van der Waals surface area contributed by atoms with Crippen molar-refractivity contribution in [3.8, 4) is 0 Å². The maximum absolute atomic E-state index is 12.0. The minimum absolute atomic E-state index is 0.152. The quantitative estimate of drug-likeness (QED) is 0.658. The van der Waals surface area contributed by atoms with Crippen LogP contribution in [-0.2, 0) is 9.59 Å². The second-order valence-electron chi connectivity index (χ2n) is 3.95. The van der Waals surface area contributed by atoms with Crippen LogP contribution in [0.5, 0.6) is 0 Å². The molecule has 1 amide bonds. The molecule has 0 aromatic rings. The Bertz CT molecular complexity index is 317. The second kappa shape index (κ2) is 5.65. The fourth-order valence-electron chi connectivity index (χ4n) is 1.59. The highest BCUT2D eigenvalue weighted by molar-refractivity contribution is 5.95. The Morgan fingerprint density at radius 3 is 2.44 bits per heavy atom. The van der Waals surface area contributed by atoms with Crippen molar-refractivity contribution in [3.05, 3.63) is 11.1 Å². The molecule has 1 heterocycles. The predicted octanol–water partition coefficient (Wildman–Crippen LogP) is 0.229. The largest absolute Gasteiger partial charge is 0.480 e. The summed E-state index contributed by atoms with van der Waals surface area (Å²) < 4.78 is 0. The van der Waals surface area contributed by atoms with Crippen LogP contribution >= 0.6 is 0 Å². The normalized spacial score (nSPS) is 14.2. The lowest BCUT2D eigenvalue weighted by Crippen LogP contribution is -2.41. The van der Waals surface area contributed by atoms with Crippen molar-refractivity contribution < 1.29 is 14.7 Å². The lowest BCUT2D eigenvalue weighted by molar-refractivity contribution is -0.143. The SMILES string of the molecule is CCCN(CC(=O)O)C(=O)C(C)=C1CNC1. The monoisotopic (exact) mass is 226 g/mol.